The molecule has 4 aliphatic rings. The number of nitrogens with one attached hydrogen (secondary N) is 2. The first-order chi connectivity index (χ1) is 23.5. The summed E-state index contributed by atoms with van der Waals surface area (Å²) >= 11 is 3.39. The number of hydrogen-bond donors (Lipinski definition) is 2. The van der Waals surface area contributed by atoms with Gasteiger partial charge in [-0.15, -0.1) is 0 Å². The van der Waals surface area contributed by atoms with Crippen molar-refractivity contribution in [1.82, 2.24) is 29.8 Å². The predicted octanol–water partition coefficient (Wildman–Crippen LogP) is 1.75. The van der Waals surface area contributed by atoms with E-state index in [0.29, 0.717) is 28.8 Å². The van der Waals surface area contributed by atoms with E-state index in [9.17, 15) is 28.8 Å². The number of benzene rings is 2. The van der Waals surface area contributed by atoms with Crippen LogP contribution in [0.5, 0.6) is 5.75 Å². The zero-order chi connectivity index (χ0) is 34.6. The highest BCUT2D eigenvalue weighted by Gasteiger charge is 2.46. The maximum Gasteiger partial charge on any atom is 0.282 e. The Kier molecular flexibility index (Phi) is 8.57. The lowest BCUT2D eigenvalue weighted by atomic mass is 9.87. The summed E-state index contributed by atoms with van der Waals surface area (Å²) in [4.78, 5) is 80.9. The number of anilines is 1. The highest BCUT2D eigenvalue weighted by Crippen LogP contribution is 2.35. The number of likely N-dealkylation sites (tertiary alicyclic amines) is 2. The molecule has 0 saturated carbocycles. The first-order valence-electron chi connectivity index (χ1n) is 16.1. The number of hydrogen-bond acceptors (Lipinski definition) is 10. The summed E-state index contributed by atoms with van der Waals surface area (Å²) in [5.41, 5.74) is 2.34. The Morgan fingerprint density at radius 3 is 2.47 bits per heavy atom. The van der Waals surface area contributed by atoms with Crippen LogP contribution in [0.4, 0.5) is 5.69 Å². The highest BCUT2D eigenvalue weighted by molar-refractivity contribution is 9.10. The van der Waals surface area contributed by atoms with Crippen LogP contribution < -0.4 is 20.9 Å². The quantitative estimate of drug-likeness (QED) is 0.343. The van der Waals surface area contributed by atoms with Crippen molar-refractivity contribution in [3.63, 3.8) is 0 Å². The van der Waals surface area contributed by atoms with Crippen molar-refractivity contribution in [2.45, 2.75) is 43.4 Å². The Labute approximate surface area is 289 Å². The number of piperidine rings is 2. The number of halogens is 1. The molecule has 1 aromatic heterocycles. The van der Waals surface area contributed by atoms with Crippen molar-refractivity contribution in [1.29, 1.82) is 0 Å². The van der Waals surface area contributed by atoms with Crippen LogP contribution in [0.15, 0.2) is 57.9 Å². The molecule has 0 aliphatic carbocycles. The normalized spacial score (nSPS) is 22.9. The molecule has 0 spiro atoms. The topological polar surface area (TPSA) is 163 Å². The zero-order valence-electron chi connectivity index (χ0n) is 26.8. The van der Waals surface area contributed by atoms with Gasteiger partial charge in [-0.2, -0.15) is 5.10 Å². The average molecular weight is 733 g/mol. The molecule has 0 bridgehead atoms. The van der Waals surface area contributed by atoms with Gasteiger partial charge >= 0.3 is 0 Å². The standard InChI is InChI=1S/C34H34BrN7O7/c1-39-14-20(12-21(15-39)37-24-13-36-40(2)34(48)29(24)35)18-6-8-19(9-7-18)31(45)41-16-22(17-41)49-26-5-3-4-23-28(26)33(47)42(32(23)46)25-10-11-27(43)38-30(25)44/h3-9,13,20-22,25,37H,10-12,14-17H2,1-2H3,(H,38,43,44)/t20-,21+,25?/m0/s1. The minimum absolute atomic E-state index is 0.0348. The van der Waals surface area contributed by atoms with E-state index in [2.05, 4.69) is 43.6 Å². The Morgan fingerprint density at radius 2 is 1.73 bits per heavy atom. The van der Waals surface area contributed by atoms with Gasteiger partial charge in [0.2, 0.25) is 11.8 Å². The molecular weight excluding hydrogens is 698 g/mol. The van der Waals surface area contributed by atoms with Gasteiger partial charge in [0.15, 0.2) is 0 Å². The molecule has 5 heterocycles. The van der Waals surface area contributed by atoms with Gasteiger partial charge in [-0.05, 0) is 71.6 Å². The minimum atomic E-state index is -1.07. The number of amides is 5. The number of fused-ring (bicyclic) bond motifs is 1. The van der Waals surface area contributed by atoms with E-state index in [-0.39, 0.29) is 59.2 Å². The molecule has 14 nitrogen and oxygen atoms in total. The first-order valence-corrected chi connectivity index (χ1v) is 16.8. The molecule has 3 atom stereocenters. The maximum atomic E-state index is 13.4. The molecule has 7 rings (SSSR count). The lowest BCUT2D eigenvalue weighted by Crippen LogP contribution is -2.56. The van der Waals surface area contributed by atoms with Gasteiger partial charge in [0.05, 0.1) is 36.1 Å². The molecule has 15 heteroatoms. The number of imide groups is 2. The van der Waals surface area contributed by atoms with Crippen molar-refractivity contribution >= 4 is 51.2 Å². The number of carbonyl (C=O) groups is 5. The SMILES string of the molecule is CN1C[C@H](Nc2cnn(C)c(=O)c2Br)C[C@H](c2ccc(C(=O)N3CC(Oc4cccc5c4C(=O)N(C4CCC(=O)NC4=O)C5=O)C3)cc2)C1. The Morgan fingerprint density at radius 1 is 0.980 bits per heavy atom. The first kappa shape index (κ1) is 32.6. The second kappa shape index (κ2) is 12.9. The smallest absolute Gasteiger partial charge is 0.282 e. The Bertz CT molecular complexity index is 1940. The average Bonchev–Trinajstić information content (AvgIpc) is 3.32. The van der Waals surface area contributed by atoms with E-state index < -0.39 is 29.7 Å². The summed E-state index contributed by atoms with van der Waals surface area (Å²) in [5.74, 6) is -2.06. The van der Waals surface area contributed by atoms with Gasteiger partial charge in [0.25, 0.3) is 23.3 Å². The molecule has 2 aromatic carbocycles. The van der Waals surface area contributed by atoms with E-state index >= 15 is 0 Å². The highest BCUT2D eigenvalue weighted by atomic mass is 79.9. The van der Waals surface area contributed by atoms with Gasteiger partial charge in [0, 0.05) is 38.2 Å². The fourth-order valence-corrected chi connectivity index (χ4v) is 7.49. The molecule has 4 aliphatic heterocycles. The van der Waals surface area contributed by atoms with Crippen LogP contribution in [0.2, 0.25) is 0 Å². The van der Waals surface area contributed by atoms with Crippen molar-refractivity contribution in [3.8, 4) is 5.75 Å². The van der Waals surface area contributed by atoms with Crippen molar-refractivity contribution in [3.05, 3.63) is 85.7 Å². The summed E-state index contributed by atoms with van der Waals surface area (Å²) in [6.07, 6.45) is 2.20. The van der Waals surface area contributed by atoms with Crippen LogP contribution in [0.3, 0.4) is 0 Å². The molecule has 49 heavy (non-hydrogen) atoms. The van der Waals surface area contributed by atoms with Gasteiger partial charge < -0.3 is 19.9 Å². The van der Waals surface area contributed by atoms with Crippen molar-refractivity contribution in [2.24, 2.45) is 7.05 Å². The van der Waals surface area contributed by atoms with E-state index in [1.807, 2.05) is 24.3 Å². The molecule has 5 amide bonds. The predicted molar refractivity (Wildman–Crippen MR) is 179 cm³/mol. The maximum absolute atomic E-state index is 13.4. The summed E-state index contributed by atoms with van der Waals surface area (Å²) in [6, 6.07) is 11.4. The summed E-state index contributed by atoms with van der Waals surface area (Å²) in [6.45, 7) is 2.27. The third-order valence-corrected chi connectivity index (χ3v) is 10.3. The third kappa shape index (κ3) is 6.12. The van der Waals surface area contributed by atoms with Crippen LogP contribution in [0.1, 0.15) is 61.8 Å². The van der Waals surface area contributed by atoms with E-state index in [0.717, 1.165) is 30.0 Å². The summed E-state index contributed by atoms with van der Waals surface area (Å²) in [5, 5.41) is 9.79. The van der Waals surface area contributed by atoms with Crippen LogP contribution in [-0.2, 0) is 16.6 Å². The van der Waals surface area contributed by atoms with Crippen molar-refractivity contribution < 1.29 is 28.7 Å². The molecule has 254 valence electrons. The molecule has 1 unspecified atom stereocenters. The largest absolute Gasteiger partial charge is 0.486 e. The van der Waals surface area contributed by atoms with Gasteiger partial charge in [-0.3, -0.25) is 39.0 Å². The monoisotopic (exact) mass is 731 g/mol. The Hall–Kier alpha value is -4.89. The number of nitrogens with zero attached hydrogens (tertiary/aromatic N) is 5. The third-order valence-electron chi connectivity index (χ3n) is 9.56. The second-order valence-corrected chi connectivity index (χ2v) is 13.8. The van der Waals surface area contributed by atoms with Crippen LogP contribution in [0.25, 0.3) is 0 Å². The number of aryl methyl sites for hydroxylation is 1. The lowest BCUT2D eigenvalue weighted by molar-refractivity contribution is -0.136. The van der Waals surface area contributed by atoms with Gasteiger partial charge in [0.1, 0.15) is 22.4 Å². The zero-order valence-corrected chi connectivity index (χ0v) is 28.4. The van der Waals surface area contributed by atoms with Gasteiger partial charge in [-0.1, -0.05) is 18.2 Å². The van der Waals surface area contributed by atoms with E-state index in [1.165, 1.54) is 10.7 Å². The number of aromatic nitrogens is 2. The number of carbonyl (C=O) groups excluding carboxylic acids is 5. The molecule has 3 aromatic rings. The van der Waals surface area contributed by atoms with E-state index in [1.54, 1.807) is 30.3 Å². The minimum Gasteiger partial charge on any atom is -0.486 e. The van der Waals surface area contributed by atoms with Crippen LogP contribution in [0, 0.1) is 0 Å². The molecule has 2 N–H and O–H groups in total. The number of likely N-dealkylation sites (N-methyl/N-ethyl adjacent to an activating group) is 1. The van der Waals surface area contributed by atoms with E-state index in [4.69, 9.17) is 4.74 Å². The second-order valence-electron chi connectivity index (χ2n) is 13.0. The molecule has 3 fully saturated rings. The fourth-order valence-electron chi connectivity index (χ4n) is 7.02. The van der Waals surface area contributed by atoms with Crippen LogP contribution in [-0.4, -0.2) is 105 Å². The Balaban J connectivity index is 0.961. The summed E-state index contributed by atoms with van der Waals surface area (Å²) < 4.78 is 7.83. The number of rotatable bonds is 7. The molecular formula is C34H34BrN7O7. The number of ether oxygens (including phenoxy) is 1. The summed E-state index contributed by atoms with van der Waals surface area (Å²) in [7, 11) is 3.66. The van der Waals surface area contributed by atoms with Gasteiger partial charge in [-0.25, -0.2) is 4.68 Å². The lowest BCUT2D eigenvalue weighted by Gasteiger charge is -2.39. The van der Waals surface area contributed by atoms with Crippen LogP contribution >= 0.6 is 15.9 Å². The molecule has 3 saturated heterocycles. The fraction of sp³-hybridized carbons (Fsp3) is 0.382. The van der Waals surface area contributed by atoms with Crippen molar-refractivity contribution in [2.75, 3.05) is 38.5 Å². The molecule has 0 radical (unpaired) electrons.